The minimum absolute atomic E-state index is 0. The summed E-state index contributed by atoms with van der Waals surface area (Å²) in [7, 11) is 0. The molecule has 0 saturated carbocycles. The van der Waals surface area contributed by atoms with Gasteiger partial charge in [-0.15, -0.1) is 12.4 Å². The smallest absolute Gasteiger partial charge is 0.323 e. The first-order valence-electron chi connectivity index (χ1n) is 5.55. The molecule has 0 aliphatic heterocycles. The van der Waals surface area contributed by atoms with Crippen molar-refractivity contribution in [3.8, 4) is 0 Å². The lowest BCUT2D eigenvalue weighted by molar-refractivity contribution is -0.156. The average Bonchev–Trinajstić information content (AvgIpc) is 2.09. The van der Waals surface area contributed by atoms with E-state index >= 15 is 0 Å². The fourth-order valence-corrected chi connectivity index (χ4v) is 1.18. The molecule has 98 valence electrons. The van der Waals surface area contributed by atoms with Crippen molar-refractivity contribution in [1.82, 2.24) is 0 Å². The van der Waals surface area contributed by atoms with Crippen molar-refractivity contribution in [1.29, 1.82) is 0 Å². The number of ether oxygens (including phenoxy) is 1. The molecule has 0 heterocycles. The van der Waals surface area contributed by atoms with Gasteiger partial charge in [0.2, 0.25) is 0 Å². The number of carbonyl (C=O) groups is 1. The average molecular weight is 253 g/mol. The van der Waals surface area contributed by atoms with E-state index < -0.39 is 11.6 Å². The summed E-state index contributed by atoms with van der Waals surface area (Å²) in [6, 6.07) is -0.498. The Morgan fingerprint density at radius 2 is 1.81 bits per heavy atom. The lowest BCUT2D eigenvalue weighted by atomic mass is 10.1. The second kappa shape index (κ2) is 8.79. The predicted molar refractivity (Wildman–Crippen MR) is 68.6 cm³/mol. The summed E-state index contributed by atoms with van der Waals surface area (Å²) in [6.45, 7) is 6.21. The summed E-state index contributed by atoms with van der Waals surface area (Å²) < 4.78 is 5.17. The van der Waals surface area contributed by atoms with Gasteiger partial charge in [0, 0.05) is 0 Å². The van der Waals surface area contributed by atoms with Gasteiger partial charge in [-0.2, -0.15) is 0 Å². The zero-order valence-electron chi connectivity index (χ0n) is 10.5. The minimum atomic E-state index is -0.498. The largest absolute Gasteiger partial charge is 0.459 e. The number of nitrogens with two attached hydrogens (primary N) is 2. The van der Waals surface area contributed by atoms with Crippen molar-refractivity contribution in [2.75, 3.05) is 6.54 Å². The molecule has 0 aliphatic carbocycles. The van der Waals surface area contributed by atoms with Crippen molar-refractivity contribution in [3.63, 3.8) is 0 Å². The van der Waals surface area contributed by atoms with Crippen LogP contribution in [0.4, 0.5) is 0 Å². The van der Waals surface area contributed by atoms with E-state index in [1.54, 1.807) is 0 Å². The summed E-state index contributed by atoms with van der Waals surface area (Å²) in [5.74, 6) is -0.310. The molecule has 5 heteroatoms. The molecule has 1 atom stereocenters. The van der Waals surface area contributed by atoms with E-state index in [1.165, 1.54) is 0 Å². The molecule has 0 amide bonds. The summed E-state index contributed by atoms with van der Waals surface area (Å²) in [4.78, 5) is 11.5. The molecular weight excluding hydrogens is 228 g/mol. The van der Waals surface area contributed by atoms with Crippen LogP contribution in [0.2, 0.25) is 0 Å². The van der Waals surface area contributed by atoms with E-state index in [4.69, 9.17) is 16.2 Å². The molecule has 0 bridgehead atoms. The number of rotatable bonds is 6. The highest BCUT2D eigenvalue weighted by molar-refractivity contribution is 5.85. The van der Waals surface area contributed by atoms with Crippen molar-refractivity contribution < 1.29 is 9.53 Å². The fourth-order valence-electron chi connectivity index (χ4n) is 1.18. The number of hydrogen-bond acceptors (Lipinski definition) is 4. The first kappa shape index (κ1) is 18.1. The van der Waals surface area contributed by atoms with Crippen molar-refractivity contribution in [3.05, 3.63) is 0 Å². The topological polar surface area (TPSA) is 78.3 Å². The van der Waals surface area contributed by atoms with E-state index in [-0.39, 0.29) is 18.4 Å². The highest BCUT2D eigenvalue weighted by Crippen LogP contribution is 2.10. The summed E-state index contributed by atoms with van der Waals surface area (Å²) >= 11 is 0. The van der Waals surface area contributed by atoms with Gasteiger partial charge in [-0.25, -0.2) is 0 Å². The highest BCUT2D eigenvalue weighted by Gasteiger charge is 2.21. The van der Waals surface area contributed by atoms with E-state index in [1.807, 2.05) is 20.8 Å². The Kier molecular flexibility index (Phi) is 9.92. The highest BCUT2D eigenvalue weighted by atomic mass is 35.5. The molecule has 0 aromatic rings. The van der Waals surface area contributed by atoms with Crippen LogP contribution in [0.3, 0.4) is 0 Å². The quantitative estimate of drug-likeness (QED) is 0.556. The number of halogens is 1. The molecule has 0 fully saturated rings. The second-order valence-electron chi connectivity index (χ2n) is 4.78. The monoisotopic (exact) mass is 252 g/mol. The van der Waals surface area contributed by atoms with Crippen molar-refractivity contribution >= 4 is 18.4 Å². The Balaban J connectivity index is 0. The molecule has 1 unspecified atom stereocenters. The van der Waals surface area contributed by atoms with Gasteiger partial charge in [0.25, 0.3) is 0 Å². The Morgan fingerprint density at radius 1 is 1.25 bits per heavy atom. The summed E-state index contributed by atoms with van der Waals surface area (Å²) in [5, 5.41) is 0. The lowest BCUT2D eigenvalue weighted by Gasteiger charge is -2.22. The van der Waals surface area contributed by atoms with Gasteiger partial charge < -0.3 is 16.2 Å². The van der Waals surface area contributed by atoms with Crippen molar-refractivity contribution in [2.24, 2.45) is 11.5 Å². The van der Waals surface area contributed by atoms with Crippen LogP contribution in [0, 0.1) is 0 Å². The molecule has 0 aliphatic rings. The summed E-state index contributed by atoms with van der Waals surface area (Å²) in [5.41, 5.74) is 10.6. The number of carbonyl (C=O) groups excluding carboxylic acids is 1. The minimum Gasteiger partial charge on any atom is -0.459 e. The van der Waals surface area contributed by atoms with Crippen LogP contribution in [0.15, 0.2) is 0 Å². The summed E-state index contributed by atoms with van der Waals surface area (Å²) in [6.07, 6.45) is 3.61. The first-order chi connectivity index (χ1) is 6.87. The third-order valence-corrected chi connectivity index (χ3v) is 1.93. The number of unbranched alkanes of at least 4 members (excludes halogenated alkanes) is 2. The van der Waals surface area contributed by atoms with Crippen LogP contribution in [0.5, 0.6) is 0 Å². The van der Waals surface area contributed by atoms with Gasteiger partial charge in [0.1, 0.15) is 11.6 Å². The Morgan fingerprint density at radius 3 is 2.25 bits per heavy atom. The predicted octanol–water partition coefficient (Wildman–Crippen LogP) is 1.60. The van der Waals surface area contributed by atoms with Crippen LogP contribution < -0.4 is 11.5 Å². The first-order valence-corrected chi connectivity index (χ1v) is 5.55. The van der Waals surface area contributed by atoms with Gasteiger partial charge in [-0.3, -0.25) is 4.79 Å². The fraction of sp³-hybridized carbons (Fsp3) is 0.909. The maximum Gasteiger partial charge on any atom is 0.323 e. The molecule has 0 aromatic carbocycles. The van der Waals surface area contributed by atoms with E-state index in [2.05, 4.69) is 0 Å². The van der Waals surface area contributed by atoms with Crippen molar-refractivity contribution in [2.45, 2.75) is 58.1 Å². The normalized spacial score (nSPS) is 12.8. The van der Waals surface area contributed by atoms with Gasteiger partial charge in [0.05, 0.1) is 0 Å². The van der Waals surface area contributed by atoms with Crippen LogP contribution in [-0.2, 0) is 9.53 Å². The van der Waals surface area contributed by atoms with E-state index in [0.29, 0.717) is 13.0 Å². The van der Waals surface area contributed by atoms with Gasteiger partial charge in [-0.05, 0) is 40.2 Å². The Hall–Kier alpha value is -0.320. The van der Waals surface area contributed by atoms with E-state index in [0.717, 1.165) is 19.3 Å². The molecule has 4 N–H and O–H groups in total. The molecule has 4 nitrogen and oxygen atoms in total. The molecular formula is C11H25ClN2O2. The number of hydrogen-bond donors (Lipinski definition) is 2. The standard InChI is InChI=1S/C11H24N2O2.ClH/c1-11(2,3)15-10(14)9(13)7-5-4-6-8-12;/h9H,4-8,12-13H2,1-3H3;1H. The van der Waals surface area contributed by atoms with Gasteiger partial charge >= 0.3 is 5.97 Å². The number of esters is 1. The Bertz CT molecular complexity index is 193. The third-order valence-electron chi connectivity index (χ3n) is 1.93. The van der Waals surface area contributed by atoms with Crippen LogP contribution >= 0.6 is 12.4 Å². The zero-order chi connectivity index (χ0) is 11.9. The van der Waals surface area contributed by atoms with Gasteiger partial charge in [-0.1, -0.05) is 12.8 Å². The lowest BCUT2D eigenvalue weighted by Crippen LogP contribution is -2.37. The zero-order valence-corrected chi connectivity index (χ0v) is 11.3. The van der Waals surface area contributed by atoms with Gasteiger partial charge in [0.15, 0.2) is 0 Å². The third kappa shape index (κ3) is 10.2. The van der Waals surface area contributed by atoms with Crippen LogP contribution in [0.1, 0.15) is 46.5 Å². The SMILES string of the molecule is CC(C)(C)OC(=O)C(N)CCCCCN.Cl. The van der Waals surface area contributed by atoms with E-state index in [9.17, 15) is 4.79 Å². The second-order valence-corrected chi connectivity index (χ2v) is 4.78. The van der Waals surface area contributed by atoms with Crippen LogP contribution in [-0.4, -0.2) is 24.2 Å². The molecule has 0 aromatic heterocycles. The molecule has 16 heavy (non-hydrogen) atoms. The van der Waals surface area contributed by atoms with Crippen LogP contribution in [0.25, 0.3) is 0 Å². The molecule has 0 saturated heterocycles. The Labute approximate surface area is 104 Å². The molecule has 0 radical (unpaired) electrons. The maximum atomic E-state index is 11.5. The molecule has 0 spiro atoms. The molecule has 0 rings (SSSR count). The maximum absolute atomic E-state index is 11.5.